The lowest BCUT2D eigenvalue weighted by Gasteiger charge is -2.18. The third-order valence-electron chi connectivity index (χ3n) is 2.27. The van der Waals surface area contributed by atoms with Crippen LogP contribution in [0.3, 0.4) is 0 Å². The number of anilines is 1. The van der Waals surface area contributed by atoms with Crippen LogP contribution in [0.25, 0.3) is 0 Å². The molecule has 1 atom stereocenters. The first-order valence-electron chi connectivity index (χ1n) is 6.34. The van der Waals surface area contributed by atoms with Gasteiger partial charge in [-0.25, -0.2) is 0 Å². The Bertz CT molecular complexity index is 380. The van der Waals surface area contributed by atoms with Gasteiger partial charge in [-0.3, -0.25) is 0 Å². The molecule has 0 amide bonds. The molecule has 0 spiro atoms. The van der Waals surface area contributed by atoms with Gasteiger partial charge in [-0.05, 0) is 33.1 Å². The zero-order chi connectivity index (χ0) is 13.7. The molecule has 0 fully saturated rings. The average Bonchev–Trinajstić information content (AvgIpc) is 2.22. The molecule has 0 aromatic carbocycles. The molecule has 0 aliphatic heterocycles. The second kappa shape index (κ2) is 6.42. The summed E-state index contributed by atoms with van der Waals surface area (Å²) in [5, 5.41) is 0. The van der Waals surface area contributed by atoms with Gasteiger partial charge in [-0.2, -0.15) is 9.97 Å². The van der Waals surface area contributed by atoms with E-state index in [1.54, 1.807) is 0 Å². The van der Waals surface area contributed by atoms with E-state index in [9.17, 15) is 0 Å². The summed E-state index contributed by atoms with van der Waals surface area (Å²) in [6.07, 6.45) is 2.44. The molecule has 1 unspecified atom stereocenters. The SMILES string of the molecule is CC(C)CC(C)Oc1ncnc(OC(C)C)c1N. The molecule has 0 saturated carbocycles. The number of nitrogen functional groups attached to an aromatic ring is 1. The van der Waals surface area contributed by atoms with E-state index in [-0.39, 0.29) is 12.2 Å². The van der Waals surface area contributed by atoms with Crippen LogP contribution in [-0.2, 0) is 0 Å². The molecule has 102 valence electrons. The van der Waals surface area contributed by atoms with Gasteiger partial charge in [0, 0.05) is 0 Å². The van der Waals surface area contributed by atoms with E-state index >= 15 is 0 Å². The predicted molar refractivity (Wildman–Crippen MR) is 71.8 cm³/mol. The molecular formula is C13H23N3O2. The molecular weight excluding hydrogens is 230 g/mol. The molecule has 0 aliphatic rings. The van der Waals surface area contributed by atoms with Crippen LogP contribution < -0.4 is 15.2 Å². The van der Waals surface area contributed by atoms with E-state index < -0.39 is 0 Å². The summed E-state index contributed by atoms with van der Waals surface area (Å²) in [6, 6.07) is 0. The monoisotopic (exact) mass is 253 g/mol. The van der Waals surface area contributed by atoms with Crippen LogP contribution >= 0.6 is 0 Å². The quantitative estimate of drug-likeness (QED) is 0.844. The third-order valence-corrected chi connectivity index (χ3v) is 2.27. The maximum Gasteiger partial charge on any atom is 0.244 e. The Labute approximate surface area is 109 Å². The summed E-state index contributed by atoms with van der Waals surface area (Å²) in [5.74, 6) is 1.34. The fourth-order valence-corrected chi connectivity index (χ4v) is 1.68. The molecule has 1 heterocycles. The number of nitrogens with zero attached hydrogens (tertiary/aromatic N) is 2. The van der Waals surface area contributed by atoms with E-state index in [2.05, 4.69) is 23.8 Å². The number of rotatable bonds is 6. The highest BCUT2D eigenvalue weighted by molar-refractivity contribution is 5.55. The zero-order valence-electron chi connectivity index (χ0n) is 11.8. The van der Waals surface area contributed by atoms with Crippen LogP contribution in [0.4, 0.5) is 5.69 Å². The summed E-state index contributed by atoms with van der Waals surface area (Å²) < 4.78 is 11.2. The maximum absolute atomic E-state index is 5.94. The summed E-state index contributed by atoms with van der Waals surface area (Å²) in [5.41, 5.74) is 6.30. The summed E-state index contributed by atoms with van der Waals surface area (Å²) >= 11 is 0. The Kier molecular flexibility index (Phi) is 5.19. The predicted octanol–water partition coefficient (Wildman–Crippen LogP) is 2.66. The van der Waals surface area contributed by atoms with E-state index in [0.717, 1.165) is 6.42 Å². The Morgan fingerprint density at radius 1 is 1.06 bits per heavy atom. The van der Waals surface area contributed by atoms with Gasteiger partial charge < -0.3 is 15.2 Å². The van der Waals surface area contributed by atoms with Crippen molar-refractivity contribution >= 4 is 5.69 Å². The minimum atomic E-state index is 0.0168. The first-order chi connectivity index (χ1) is 8.40. The van der Waals surface area contributed by atoms with Crippen molar-refractivity contribution in [1.82, 2.24) is 9.97 Å². The van der Waals surface area contributed by atoms with Crippen molar-refractivity contribution in [1.29, 1.82) is 0 Å². The number of ether oxygens (including phenoxy) is 2. The van der Waals surface area contributed by atoms with Crippen LogP contribution in [0.15, 0.2) is 6.33 Å². The van der Waals surface area contributed by atoms with Gasteiger partial charge in [0.05, 0.1) is 12.2 Å². The van der Waals surface area contributed by atoms with Crippen molar-refractivity contribution in [3.8, 4) is 11.8 Å². The standard InChI is InChI=1S/C13H23N3O2/c1-8(2)6-10(5)18-13-11(14)12(15-7-16-13)17-9(3)4/h7-10H,6,14H2,1-5H3. The molecule has 5 heteroatoms. The molecule has 1 aromatic heterocycles. The van der Waals surface area contributed by atoms with Gasteiger partial charge >= 0.3 is 0 Å². The highest BCUT2D eigenvalue weighted by atomic mass is 16.5. The normalized spacial score (nSPS) is 12.8. The number of nitrogens with two attached hydrogens (primary N) is 1. The van der Waals surface area contributed by atoms with Gasteiger partial charge in [0.2, 0.25) is 11.8 Å². The number of aromatic nitrogens is 2. The Morgan fingerprint density at radius 3 is 2.11 bits per heavy atom. The van der Waals surface area contributed by atoms with Gasteiger partial charge in [0.15, 0.2) is 5.69 Å². The largest absolute Gasteiger partial charge is 0.473 e. The molecule has 1 aromatic rings. The highest BCUT2D eigenvalue weighted by Crippen LogP contribution is 2.28. The van der Waals surface area contributed by atoms with E-state index in [1.165, 1.54) is 6.33 Å². The first-order valence-corrected chi connectivity index (χ1v) is 6.34. The minimum Gasteiger partial charge on any atom is -0.473 e. The molecule has 0 saturated heterocycles. The van der Waals surface area contributed by atoms with Crippen LogP contribution in [0.5, 0.6) is 11.8 Å². The lowest BCUT2D eigenvalue weighted by Crippen LogP contribution is -2.17. The zero-order valence-corrected chi connectivity index (χ0v) is 11.8. The van der Waals surface area contributed by atoms with Crippen LogP contribution in [0.1, 0.15) is 41.0 Å². The van der Waals surface area contributed by atoms with E-state index in [1.807, 2.05) is 20.8 Å². The number of hydrogen-bond donors (Lipinski definition) is 1. The lowest BCUT2D eigenvalue weighted by molar-refractivity contribution is 0.183. The van der Waals surface area contributed by atoms with Crippen molar-refractivity contribution in [3.63, 3.8) is 0 Å². The molecule has 0 bridgehead atoms. The fraction of sp³-hybridized carbons (Fsp3) is 0.692. The van der Waals surface area contributed by atoms with Gasteiger partial charge in [0.25, 0.3) is 0 Å². The smallest absolute Gasteiger partial charge is 0.244 e. The van der Waals surface area contributed by atoms with Gasteiger partial charge in [-0.15, -0.1) is 0 Å². The summed E-state index contributed by atoms with van der Waals surface area (Å²) in [4.78, 5) is 8.06. The van der Waals surface area contributed by atoms with Gasteiger partial charge in [-0.1, -0.05) is 13.8 Å². The second-order valence-corrected chi connectivity index (χ2v) is 5.12. The van der Waals surface area contributed by atoms with Crippen LogP contribution in [-0.4, -0.2) is 22.2 Å². The summed E-state index contributed by atoms with van der Waals surface area (Å²) in [7, 11) is 0. The first kappa shape index (κ1) is 14.5. The van der Waals surface area contributed by atoms with E-state index in [0.29, 0.717) is 23.4 Å². The molecule has 0 radical (unpaired) electrons. The average molecular weight is 253 g/mol. The van der Waals surface area contributed by atoms with Crippen LogP contribution in [0.2, 0.25) is 0 Å². The minimum absolute atomic E-state index is 0.0168. The molecule has 0 aliphatic carbocycles. The summed E-state index contributed by atoms with van der Waals surface area (Å²) in [6.45, 7) is 10.1. The molecule has 18 heavy (non-hydrogen) atoms. The lowest BCUT2D eigenvalue weighted by atomic mass is 10.1. The molecule has 5 nitrogen and oxygen atoms in total. The fourth-order valence-electron chi connectivity index (χ4n) is 1.68. The van der Waals surface area contributed by atoms with Crippen molar-refractivity contribution in [3.05, 3.63) is 6.33 Å². The van der Waals surface area contributed by atoms with Crippen LogP contribution in [0, 0.1) is 5.92 Å². The molecule has 1 rings (SSSR count). The van der Waals surface area contributed by atoms with Crippen molar-refractivity contribution in [2.45, 2.75) is 53.2 Å². The van der Waals surface area contributed by atoms with Crippen molar-refractivity contribution in [2.24, 2.45) is 5.92 Å². The van der Waals surface area contributed by atoms with Crippen molar-refractivity contribution < 1.29 is 9.47 Å². The number of hydrogen-bond acceptors (Lipinski definition) is 5. The van der Waals surface area contributed by atoms with Crippen molar-refractivity contribution in [2.75, 3.05) is 5.73 Å². The highest BCUT2D eigenvalue weighted by Gasteiger charge is 2.15. The Hall–Kier alpha value is -1.52. The van der Waals surface area contributed by atoms with E-state index in [4.69, 9.17) is 15.2 Å². The second-order valence-electron chi connectivity index (χ2n) is 5.12. The maximum atomic E-state index is 5.94. The Balaban J connectivity index is 2.77. The topological polar surface area (TPSA) is 70.3 Å². The third kappa shape index (κ3) is 4.39. The van der Waals surface area contributed by atoms with Gasteiger partial charge in [0.1, 0.15) is 6.33 Å². The molecule has 2 N–H and O–H groups in total. The Morgan fingerprint density at radius 2 is 1.61 bits per heavy atom.